The molecule has 3 aromatic rings. The smallest absolute Gasteiger partial charge is 0.262 e. The summed E-state index contributed by atoms with van der Waals surface area (Å²) in [4.78, 5) is 33.6. The Morgan fingerprint density at radius 1 is 1.19 bits per heavy atom. The number of methoxy groups -OCH3 is 1. The number of nitrogens with one attached hydrogen (secondary N) is 1. The molecule has 2 aliphatic rings. The van der Waals surface area contributed by atoms with Crippen LogP contribution >= 0.6 is 11.6 Å². The van der Waals surface area contributed by atoms with Gasteiger partial charge in [0.25, 0.3) is 5.56 Å². The number of aromatic nitrogens is 2. The van der Waals surface area contributed by atoms with Gasteiger partial charge in [-0.3, -0.25) is 19.1 Å². The normalized spacial score (nSPS) is 20.4. The summed E-state index contributed by atoms with van der Waals surface area (Å²) in [6.45, 7) is 6.86. The van der Waals surface area contributed by atoms with Crippen molar-refractivity contribution in [2.24, 2.45) is 5.92 Å². The SMILES string of the molecule is COC1CN(C[C@H]2C[C@H](c3ccc4nc(-c5cccc(Cl)c5)n(CC(=O)NC(C)C)c(=O)c4c3)C2)C1. The maximum Gasteiger partial charge on any atom is 0.262 e. The molecule has 2 heterocycles. The standard InChI is InChI=1S/C28H33ClN4O3/c1-17(2)30-26(34)16-33-27(20-5-4-6-22(29)11-20)31-25-8-7-19(12-24(25)28(33)35)21-9-18(10-21)13-32-14-23(15-32)36-3/h4-8,11-12,17-18,21,23H,9-10,13-16H2,1-3H3,(H,30,34)/t18-,21-. The second kappa shape index (κ2) is 10.3. The lowest BCUT2D eigenvalue weighted by Gasteiger charge is -2.44. The summed E-state index contributed by atoms with van der Waals surface area (Å²) in [5, 5.41) is 3.97. The predicted octanol–water partition coefficient (Wildman–Crippen LogP) is 4.07. The Balaban J connectivity index is 1.42. The number of benzene rings is 2. The average molecular weight is 509 g/mol. The third-order valence-electron chi connectivity index (χ3n) is 7.29. The summed E-state index contributed by atoms with van der Waals surface area (Å²) in [5.41, 5.74) is 2.29. The highest BCUT2D eigenvalue weighted by Crippen LogP contribution is 2.43. The number of likely N-dealkylation sites (tertiary alicyclic amines) is 1. The number of carbonyl (C=O) groups is 1. The first-order valence-corrected chi connectivity index (χ1v) is 13.0. The van der Waals surface area contributed by atoms with Crippen LogP contribution in [0.5, 0.6) is 0 Å². The average Bonchev–Trinajstić information content (AvgIpc) is 2.78. The van der Waals surface area contributed by atoms with Crippen molar-refractivity contribution in [3.05, 3.63) is 63.4 Å². The first-order chi connectivity index (χ1) is 17.3. The summed E-state index contributed by atoms with van der Waals surface area (Å²) >= 11 is 6.22. The maximum atomic E-state index is 13.7. The fourth-order valence-corrected chi connectivity index (χ4v) is 5.53. The minimum atomic E-state index is -0.226. The van der Waals surface area contributed by atoms with Gasteiger partial charge in [-0.15, -0.1) is 0 Å². The molecule has 1 saturated carbocycles. The van der Waals surface area contributed by atoms with Crippen molar-refractivity contribution in [2.75, 3.05) is 26.7 Å². The molecule has 1 saturated heterocycles. The van der Waals surface area contributed by atoms with Crippen molar-refractivity contribution in [3.8, 4) is 11.4 Å². The van der Waals surface area contributed by atoms with E-state index in [4.69, 9.17) is 21.3 Å². The lowest BCUT2D eigenvalue weighted by molar-refractivity contribution is -0.122. The van der Waals surface area contributed by atoms with E-state index < -0.39 is 0 Å². The van der Waals surface area contributed by atoms with Gasteiger partial charge < -0.3 is 10.1 Å². The highest BCUT2D eigenvalue weighted by Gasteiger charge is 2.35. The number of rotatable bonds is 8. The van der Waals surface area contributed by atoms with E-state index >= 15 is 0 Å². The first kappa shape index (κ1) is 24.9. The topological polar surface area (TPSA) is 76.5 Å². The molecule has 8 heteroatoms. The van der Waals surface area contributed by atoms with Crippen LogP contribution in [0.15, 0.2) is 47.3 Å². The Hall–Kier alpha value is -2.74. The van der Waals surface area contributed by atoms with Crippen LogP contribution in [-0.2, 0) is 16.1 Å². The molecular weight excluding hydrogens is 476 g/mol. The molecule has 0 bridgehead atoms. The Morgan fingerprint density at radius 3 is 2.67 bits per heavy atom. The van der Waals surface area contributed by atoms with Crippen molar-refractivity contribution in [3.63, 3.8) is 0 Å². The van der Waals surface area contributed by atoms with E-state index in [1.165, 1.54) is 10.1 Å². The van der Waals surface area contributed by atoms with Crippen LogP contribution in [0.25, 0.3) is 22.3 Å². The molecule has 2 fully saturated rings. The third kappa shape index (κ3) is 5.19. The Kier molecular flexibility index (Phi) is 7.15. The molecule has 1 amide bonds. The molecule has 1 aliphatic carbocycles. The number of hydrogen-bond acceptors (Lipinski definition) is 5. The minimum absolute atomic E-state index is 0.0222. The summed E-state index contributed by atoms with van der Waals surface area (Å²) in [7, 11) is 1.78. The van der Waals surface area contributed by atoms with Gasteiger partial charge in [0.15, 0.2) is 0 Å². The van der Waals surface area contributed by atoms with E-state index in [0.29, 0.717) is 45.3 Å². The van der Waals surface area contributed by atoms with Gasteiger partial charge in [0.1, 0.15) is 12.4 Å². The van der Waals surface area contributed by atoms with Crippen molar-refractivity contribution in [2.45, 2.75) is 51.3 Å². The zero-order valence-corrected chi connectivity index (χ0v) is 21.8. The van der Waals surface area contributed by atoms with Crippen molar-refractivity contribution < 1.29 is 9.53 Å². The number of ether oxygens (including phenoxy) is 1. The van der Waals surface area contributed by atoms with Gasteiger partial charge in [0.05, 0.1) is 17.0 Å². The van der Waals surface area contributed by atoms with Crippen LogP contribution in [0.4, 0.5) is 0 Å². The van der Waals surface area contributed by atoms with E-state index in [9.17, 15) is 9.59 Å². The fourth-order valence-electron chi connectivity index (χ4n) is 5.34. The lowest BCUT2D eigenvalue weighted by atomic mass is 9.71. The van der Waals surface area contributed by atoms with Gasteiger partial charge >= 0.3 is 0 Å². The second-order valence-electron chi connectivity index (χ2n) is 10.4. The van der Waals surface area contributed by atoms with Gasteiger partial charge in [-0.2, -0.15) is 0 Å². The van der Waals surface area contributed by atoms with E-state index in [0.717, 1.165) is 32.5 Å². The zero-order chi connectivity index (χ0) is 25.4. The van der Waals surface area contributed by atoms with Gasteiger partial charge in [-0.25, -0.2) is 4.98 Å². The molecule has 0 atom stereocenters. The summed E-state index contributed by atoms with van der Waals surface area (Å²) < 4.78 is 6.84. The van der Waals surface area contributed by atoms with Gasteiger partial charge in [0, 0.05) is 43.4 Å². The van der Waals surface area contributed by atoms with E-state index in [-0.39, 0.29) is 24.1 Å². The predicted molar refractivity (Wildman–Crippen MR) is 142 cm³/mol. The van der Waals surface area contributed by atoms with E-state index in [2.05, 4.69) is 16.3 Å². The zero-order valence-electron chi connectivity index (χ0n) is 21.0. The van der Waals surface area contributed by atoms with Gasteiger partial charge in [-0.1, -0.05) is 29.8 Å². The molecule has 1 N–H and O–H groups in total. The monoisotopic (exact) mass is 508 g/mol. The molecule has 0 unspecified atom stereocenters. The van der Waals surface area contributed by atoms with Crippen LogP contribution in [0.2, 0.25) is 5.02 Å². The van der Waals surface area contributed by atoms with Gasteiger partial charge in [-0.05, 0) is 68.4 Å². The van der Waals surface area contributed by atoms with E-state index in [1.807, 2.05) is 38.1 Å². The molecule has 0 radical (unpaired) electrons. The van der Waals surface area contributed by atoms with Crippen LogP contribution in [-0.4, -0.2) is 59.2 Å². The van der Waals surface area contributed by atoms with Crippen molar-refractivity contribution >= 4 is 28.4 Å². The number of hydrogen-bond donors (Lipinski definition) is 1. The largest absolute Gasteiger partial charge is 0.379 e. The third-order valence-corrected chi connectivity index (χ3v) is 7.53. The molecule has 1 aromatic heterocycles. The highest BCUT2D eigenvalue weighted by atomic mass is 35.5. The van der Waals surface area contributed by atoms with Crippen LogP contribution in [0, 0.1) is 5.92 Å². The van der Waals surface area contributed by atoms with Crippen LogP contribution in [0.1, 0.15) is 38.2 Å². The first-order valence-electron chi connectivity index (χ1n) is 12.7. The number of carbonyl (C=O) groups excluding carboxylic acids is 1. The molecule has 36 heavy (non-hydrogen) atoms. The number of amides is 1. The fraction of sp³-hybridized carbons (Fsp3) is 0.464. The van der Waals surface area contributed by atoms with Gasteiger partial charge in [0.2, 0.25) is 5.91 Å². The Morgan fingerprint density at radius 2 is 1.97 bits per heavy atom. The lowest BCUT2D eigenvalue weighted by Crippen LogP contribution is -2.54. The summed E-state index contributed by atoms with van der Waals surface area (Å²) in [5.74, 6) is 1.34. The molecule has 0 spiro atoms. The van der Waals surface area contributed by atoms with E-state index in [1.54, 1.807) is 19.2 Å². The highest BCUT2D eigenvalue weighted by molar-refractivity contribution is 6.30. The minimum Gasteiger partial charge on any atom is -0.379 e. The quantitative estimate of drug-likeness (QED) is 0.496. The van der Waals surface area contributed by atoms with Crippen molar-refractivity contribution in [1.82, 2.24) is 19.8 Å². The number of fused-ring (bicyclic) bond motifs is 1. The summed E-state index contributed by atoms with van der Waals surface area (Å²) in [6, 6.07) is 13.2. The van der Waals surface area contributed by atoms with Crippen LogP contribution < -0.4 is 10.9 Å². The maximum absolute atomic E-state index is 13.7. The van der Waals surface area contributed by atoms with Crippen LogP contribution in [0.3, 0.4) is 0 Å². The summed E-state index contributed by atoms with van der Waals surface area (Å²) in [6.07, 6.45) is 2.63. The number of nitrogens with zero attached hydrogens (tertiary/aromatic N) is 3. The molecule has 7 nitrogen and oxygen atoms in total. The molecular formula is C28H33ClN4O3. The second-order valence-corrected chi connectivity index (χ2v) is 10.9. The molecule has 5 rings (SSSR count). The molecule has 190 valence electrons. The number of halogens is 1. The molecule has 2 aromatic carbocycles. The Bertz CT molecular complexity index is 1330. The Labute approximate surface area is 216 Å². The molecule has 1 aliphatic heterocycles. The van der Waals surface area contributed by atoms with Crippen molar-refractivity contribution in [1.29, 1.82) is 0 Å².